The highest BCUT2D eigenvalue weighted by Gasteiger charge is 2.33. The van der Waals surface area contributed by atoms with Crippen LogP contribution in [0.1, 0.15) is 41.2 Å². The van der Waals surface area contributed by atoms with E-state index in [2.05, 4.69) is 5.16 Å². The van der Waals surface area contributed by atoms with Gasteiger partial charge in [-0.3, -0.25) is 0 Å². The van der Waals surface area contributed by atoms with Gasteiger partial charge in [0.25, 0.3) is 0 Å². The summed E-state index contributed by atoms with van der Waals surface area (Å²) in [5.41, 5.74) is 5.04. The van der Waals surface area contributed by atoms with Crippen molar-refractivity contribution < 1.29 is 23.9 Å². The van der Waals surface area contributed by atoms with Crippen molar-refractivity contribution in [2.24, 2.45) is 0 Å². The van der Waals surface area contributed by atoms with Crippen LogP contribution in [0.15, 0.2) is 47.0 Å². The minimum absolute atomic E-state index is 0.264. The molecule has 1 aliphatic carbocycles. The lowest BCUT2D eigenvalue weighted by atomic mass is 10.0. The van der Waals surface area contributed by atoms with Crippen molar-refractivity contribution in [3.05, 3.63) is 75.0 Å². The Hall–Kier alpha value is -3.00. The summed E-state index contributed by atoms with van der Waals surface area (Å²) in [6, 6.07) is 12.9. The van der Waals surface area contributed by atoms with Crippen LogP contribution in [0.25, 0.3) is 21.7 Å². The number of aryl methyl sites for hydroxylation is 2. The second-order valence-electron chi connectivity index (χ2n) is 8.46. The van der Waals surface area contributed by atoms with Crippen molar-refractivity contribution in [2.45, 2.75) is 39.2 Å². The van der Waals surface area contributed by atoms with Gasteiger partial charge in [-0.15, -0.1) is 0 Å². The first-order chi connectivity index (χ1) is 16.8. The summed E-state index contributed by atoms with van der Waals surface area (Å²) < 4.78 is 16.7. The third-order valence-corrected chi connectivity index (χ3v) is 7.65. The quantitative estimate of drug-likeness (QED) is 0.241. The highest BCUT2D eigenvalue weighted by molar-refractivity contribution is 7.17. The molecule has 0 atom stereocenters. The van der Waals surface area contributed by atoms with Crippen molar-refractivity contribution in [1.82, 2.24) is 5.16 Å². The van der Waals surface area contributed by atoms with E-state index in [-0.39, 0.29) is 6.61 Å². The van der Waals surface area contributed by atoms with Gasteiger partial charge in [0.2, 0.25) is 0 Å². The Morgan fingerprint density at radius 2 is 1.89 bits per heavy atom. The molecular weight excluding hydrogens is 509 g/mol. The molecule has 0 amide bonds. The number of benzene rings is 2. The summed E-state index contributed by atoms with van der Waals surface area (Å²) in [7, 11) is 0. The Morgan fingerprint density at radius 3 is 2.54 bits per heavy atom. The topological polar surface area (TPSA) is 81.8 Å². The lowest BCUT2D eigenvalue weighted by Crippen LogP contribution is -2.00. The Bertz CT molecular complexity index is 1400. The number of carboxylic acid groups (broad SMARTS) is 1. The van der Waals surface area contributed by atoms with Gasteiger partial charge in [0.1, 0.15) is 23.8 Å². The summed E-state index contributed by atoms with van der Waals surface area (Å²) in [6.45, 7) is 4.18. The first-order valence-electron chi connectivity index (χ1n) is 11.0. The number of hydrogen-bond acceptors (Lipinski definition) is 6. The van der Waals surface area contributed by atoms with Crippen LogP contribution in [0.3, 0.4) is 0 Å². The number of halogens is 2. The van der Waals surface area contributed by atoms with Crippen molar-refractivity contribution in [2.75, 3.05) is 0 Å². The maximum absolute atomic E-state index is 10.9. The van der Waals surface area contributed by atoms with Crippen LogP contribution < -0.4 is 9.47 Å². The maximum Gasteiger partial charge on any atom is 0.512 e. The fourth-order valence-corrected chi connectivity index (χ4v) is 5.73. The van der Waals surface area contributed by atoms with Crippen LogP contribution in [0, 0.1) is 13.8 Å². The standard InChI is InChI=1S/C26H21Cl2NO5S/c1-13-10-16(8-9-17(13)25-14(2)11-21(35-25)33-26(30)31)32-12-18-23(29-34-24(18)15-6-7-15)22-19(27)4-3-5-20(22)28/h3-5,8-11,15H,6-7,12H2,1-2H3,(H,30,31). The van der Waals surface area contributed by atoms with Crippen molar-refractivity contribution in [3.8, 4) is 32.5 Å². The summed E-state index contributed by atoms with van der Waals surface area (Å²) in [6.07, 6.45) is 0.786. The largest absolute Gasteiger partial charge is 0.512 e. The number of rotatable bonds is 7. The Balaban J connectivity index is 1.41. The summed E-state index contributed by atoms with van der Waals surface area (Å²) in [4.78, 5) is 11.8. The van der Waals surface area contributed by atoms with E-state index in [0.29, 0.717) is 38.0 Å². The second kappa shape index (κ2) is 9.57. The zero-order valence-corrected chi connectivity index (χ0v) is 21.3. The highest BCUT2D eigenvalue weighted by Crippen LogP contribution is 2.46. The van der Waals surface area contributed by atoms with E-state index in [9.17, 15) is 4.79 Å². The van der Waals surface area contributed by atoms with Gasteiger partial charge in [-0.1, -0.05) is 45.8 Å². The van der Waals surface area contributed by atoms with Crippen LogP contribution >= 0.6 is 34.5 Å². The Labute approximate surface area is 216 Å². The van der Waals surface area contributed by atoms with Crippen LogP contribution in [-0.2, 0) is 6.61 Å². The third-order valence-electron chi connectivity index (χ3n) is 5.88. The minimum atomic E-state index is -1.32. The van der Waals surface area contributed by atoms with Gasteiger partial charge < -0.3 is 19.1 Å². The molecule has 5 rings (SSSR count). The predicted molar refractivity (Wildman–Crippen MR) is 136 cm³/mol. The molecule has 1 aliphatic rings. The minimum Gasteiger partial charge on any atom is -0.489 e. The molecule has 2 aromatic carbocycles. The highest BCUT2D eigenvalue weighted by atomic mass is 35.5. The first kappa shape index (κ1) is 23.7. The number of ether oxygens (including phenoxy) is 2. The lowest BCUT2D eigenvalue weighted by molar-refractivity contribution is 0.146. The molecule has 0 aliphatic heterocycles. The average molecular weight is 530 g/mol. The number of thiophene rings is 1. The van der Waals surface area contributed by atoms with Crippen molar-refractivity contribution in [1.29, 1.82) is 0 Å². The van der Waals surface area contributed by atoms with Gasteiger partial charge in [-0.2, -0.15) is 0 Å². The summed E-state index contributed by atoms with van der Waals surface area (Å²) >= 11 is 14.2. The molecule has 1 saturated carbocycles. The second-order valence-corrected chi connectivity index (χ2v) is 10.3. The number of hydrogen-bond donors (Lipinski definition) is 1. The number of nitrogens with zero attached hydrogens (tertiary/aromatic N) is 1. The Morgan fingerprint density at radius 1 is 1.14 bits per heavy atom. The van der Waals surface area contributed by atoms with Gasteiger partial charge in [0.05, 0.1) is 15.6 Å². The molecule has 35 heavy (non-hydrogen) atoms. The van der Waals surface area contributed by atoms with E-state index in [0.717, 1.165) is 45.7 Å². The van der Waals surface area contributed by atoms with E-state index >= 15 is 0 Å². The SMILES string of the molecule is Cc1cc(OCc2c(-c3c(Cl)cccc3Cl)noc2C2CC2)ccc1-c1sc(OC(=O)O)cc1C. The van der Waals surface area contributed by atoms with E-state index in [1.165, 1.54) is 11.3 Å². The molecule has 1 fully saturated rings. The van der Waals surface area contributed by atoms with E-state index in [1.807, 2.05) is 32.0 Å². The van der Waals surface area contributed by atoms with E-state index < -0.39 is 6.16 Å². The molecule has 6 nitrogen and oxygen atoms in total. The van der Waals surface area contributed by atoms with Gasteiger partial charge in [0, 0.05) is 16.4 Å². The van der Waals surface area contributed by atoms with Crippen molar-refractivity contribution in [3.63, 3.8) is 0 Å². The molecule has 0 bridgehead atoms. The van der Waals surface area contributed by atoms with Gasteiger partial charge in [0.15, 0.2) is 5.06 Å². The molecular formula is C26H21Cl2NO5S. The zero-order chi connectivity index (χ0) is 24.7. The monoisotopic (exact) mass is 529 g/mol. The summed E-state index contributed by atoms with van der Waals surface area (Å²) in [5, 5.41) is 14.6. The molecule has 2 aromatic heterocycles. The van der Waals surface area contributed by atoms with E-state index in [1.54, 1.807) is 24.3 Å². The normalized spacial score (nSPS) is 13.1. The third kappa shape index (κ3) is 4.89. The molecule has 9 heteroatoms. The first-order valence-corrected chi connectivity index (χ1v) is 12.6. The van der Waals surface area contributed by atoms with Gasteiger partial charge >= 0.3 is 6.16 Å². The fraction of sp³-hybridized carbons (Fsp3) is 0.231. The maximum atomic E-state index is 10.9. The van der Waals surface area contributed by atoms with Crippen molar-refractivity contribution >= 4 is 40.7 Å². The summed E-state index contributed by atoms with van der Waals surface area (Å²) in [5.74, 6) is 1.86. The molecule has 4 aromatic rings. The number of aromatic nitrogens is 1. The molecule has 0 saturated heterocycles. The van der Waals surface area contributed by atoms with Crippen LogP contribution in [-0.4, -0.2) is 16.4 Å². The fourth-order valence-electron chi connectivity index (χ4n) is 4.04. The van der Waals surface area contributed by atoms with Gasteiger partial charge in [-0.05, 0) is 79.8 Å². The molecule has 1 N–H and O–H groups in total. The lowest BCUT2D eigenvalue weighted by Gasteiger charge is -2.12. The smallest absolute Gasteiger partial charge is 0.489 e. The van der Waals surface area contributed by atoms with Crippen LogP contribution in [0.5, 0.6) is 10.8 Å². The van der Waals surface area contributed by atoms with Gasteiger partial charge in [-0.25, -0.2) is 4.79 Å². The molecule has 2 heterocycles. The predicted octanol–water partition coefficient (Wildman–Crippen LogP) is 8.51. The van der Waals surface area contributed by atoms with Crippen LogP contribution in [0.2, 0.25) is 10.0 Å². The Kier molecular flexibility index (Phi) is 6.49. The molecule has 180 valence electrons. The molecule has 0 spiro atoms. The molecule has 0 unspecified atom stereocenters. The molecule has 0 radical (unpaired) electrons. The van der Waals surface area contributed by atoms with Crippen LogP contribution in [0.4, 0.5) is 4.79 Å². The average Bonchev–Trinajstić information content (AvgIpc) is 3.46. The zero-order valence-electron chi connectivity index (χ0n) is 18.9. The van der Waals surface area contributed by atoms with E-state index in [4.69, 9.17) is 42.3 Å². The number of carbonyl (C=O) groups is 1.